The summed E-state index contributed by atoms with van der Waals surface area (Å²) in [6, 6.07) is 11.2. The van der Waals surface area contributed by atoms with Gasteiger partial charge in [0.2, 0.25) is 0 Å². The van der Waals surface area contributed by atoms with E-state index in [1.165, 1.54) is 0 Å². The third-order valence-corrected chi connectivity index (χ3v) is 1.56. The Labute approximate surface area is 64.9 Å². The molecule has 0 amide bonds. The maximum absolute atomic E-state index is 8.41. The van der Waals surface area contributed by atoms with Gasteiger partial charge in [0.15, 0.2) is 0 Å². The molecule has 0 saturated carbocycles. The molecule has 0 spiro atoms. The van der Waals surface area contributed by atoms with Crippen molar-refractivity contribution in [2.45, 2.75) is 5.38 Å². The van der Waals surface area contributed by atoms with Gasteiger partial charge in [-0.15, -0.1) is 11.6 Å². The molecule has 0 N–H and O–H groups in total. The molecule has 0 bridgehead atoms. The number of hydrogen-bond donors (Lipinski definition) is 0. The summed E-state index contributed by atoms with van der Waals surface area (Å²) < 4.78 is 0. The third-order valence-electron chi connectivity index (χ3n) is 1.21. The van der Waals surface area contributed by atoms with Gasteiger partial charge in [0.1, 0.15) is 5.38 Å². The van der Waals surface area contributed by atoms with E-state index in [2.05, 4.69) is 0 Å². The highest BCUT2D eigenvalue weighted by molar-refractivity contribution is 6.22. The lowest BCUT2D eigenvalue weighted by Gasteiger charge is -1.96. The topological polar surface area (TPSA) is 23.8 Å². The van der Waals surface area contributed by atoms with Crippen LogP contribution in [0.3, 0.4) is 0 Å². The van der Waals surface area contributed by atoms with E-state index >= 15 is 0 Å². The molecule has 0 heterocycles. The van der Waals surface area contributed by atoms with Crippen LogP contribution >= 0.6 is 11.6 Å². The monoisotopic (exact) mass is 151 g/mol. The maximum atomic E-state index is 8.41. The summed E-state index contributed by atoms with van der Waals surface area (Å²) >= 11 is 5.63. The maximum Gasteiger partial charge on any atom is 0.145 e. The summed E-state index contributed by atoms with van der Waals surface area (Å²) in [7, 11) is 0. The Kier molecular flexibility index (Phi) is 2.30. The van der Waals surface area contributed by atoms with Gasteiger partial charge in [-0.25, -0.2) is 0 Å². The zero-order valence-electron chi connectivity index (χ0n) is 5.29. The van der Waals surface area contributed by atoms with Gasteiger partial charge < -0.3 is 0 Å². The van der Waals surface area contributed by atoms with E-state index in [0.717, 1.165) is 5.56 Å². The summed E-state index contributed by atoms with van der Waals surface area (Å²) in [5, 5.41) is 7.89. The molecule has 1 aromatic carbocycles. The number of nitriles is 1. The van der Waals surface area contributed by atoms with E-state index in [-0.39, 0.29) is 0 Å². The molecule has 0 aliphatic carbocycles. The molecule has 1 rings (SSSR count). The van der Waals surface area contributed by atoms with Gasteiger partial charge in [-0.1, -0.05) is 30.3 Å². The zero-order chi connectivity index (χ0) is 7.40. The Morgan fingerprint density at radius 1 is 1.30 bits per heavy atom. The van der Waals surface area contributed by atoms with Gasteiger partial charge in [0.25, 0.3) is 0 Å². The second-order valence-electron chi connectivity index (χ2n) is 1.90. The average molecular weight is 152 g/mol. The predicted molar refractivity (Wildman–Crippen MR) is 40.6 cm³/mol. The largest absolute Gasteiger partial charge is 0.196 e. The van der Waals surface area contributed by atoms with Crippen LogP contribution in [0.4, 0.5) is 0 Å². The normalized spacial score (nSPS) is 12.0. The lowest BCUT2D eigenvalue weighted by Crippen LogP contribution is -1.83. The van der Waals surface area contributed by atoms with Crippen LogP contribution in [0.25, 0.3) is 0 Å². The van der Waals surface area contributed by atoms with Crippen LogP contribution < -0.4 is 0 Å². The number of rotatable bonds is 1. The SMILES string of the molecule is N#C[C@H](Cl)c1ccccc1. The number of nitrogens with zero attached hydrogens (tertiary/aromatic N) is 1. The Morgan fingerprint density at radius 3 is 2.40 bits per heavy atom. The molecular weight excluding hydrogens is 146 g/mol. The molecule has 0 aliphatic rings. The number of benzene rings is 1. The quantitative estimate of drug-likeness (QED) is 0.566. The molecular formula is C8H6ClN. The van der Waals surface area contributed by atoms with Crippen LogP contribution in [0, 0.1) is 11.3 Å². The summed E-state index contributed by atoms with van der Waals surface area (Å²) in [5.41, 5.74) is 0.853. The van der Waals surface area contributed by atoms with Crippen molar-refractivity contribution >= 4 is 11.6 Å². The minimum Gasteiger partial charge on any atom is -0.196 e. The van der Waals surface area contributed by atoms with Crippen molar-refractivity contribution in [1.29, 1.82) is 5.26 Å². The van der Waals surface area contributed by atoms with Crippen molar-refractivity contribution in [2.24, 2.45) is 0 Å². The highest BCUT2D eigenvalue weighted by Gasteiger charge is 2.02. The summed E-state index contributed by atoms with van der Waals surface area (Å²) in [5.74, 6) is 0. The van der Waals surface area contributed by atoms with Gasteiger partial charge in [0.05, 0.1) is 6.07 Å². The second-order valence-corrected chi connectivity index (χ2v) is 2.34. The molecule has 2 heteroatoms. The molecule has 0 aromatic heterocycles. The van der Waals surface area contributed by atoms with Crippen LogP contribution in [-0.2, 0) is 0 Å². The van der Waals surface area contributed by atoms with Crippen molar-refractivity contribution in [2.75, 3.05) is 0 Å². The van der Waals surface area contributed by atoms with Gasteiger partial charge in [-0.2, -0.15) is 5.26 Å². The fourth-order valence-electron chi connectivity index (χ4n) is 0.697. The van der Waals surface area contributed by atoms with Gasteiger partial charge in [-0.3, -0.25) is 0 Å². The van der Waals surface area contributed by atoms with E-state index in [1.807, 2.05) is 36.4 Å². The van der Waals surface area contributed by atoms with Crippen LogP contribution in [0.15, 0.2) is 30.3 Å². The van der Waals surface area contributed by atoms with E-state index in [4.69, 9.17) is 16.9 Å². The fraction of sp³-hybridized carbons (Fsp3) is 0.125. The first-order valence-corrected chi connectivity index (χ1v) is 3.37. The molecule has 0 unspecified atom stereocenters. The minimum atomic E-state index is -0.513. The minimum absolute atomic E-state index is 0.513. The first kappa shape index (κ1) is 7.11. The second kappa shape index (κ2) is 3.24. The van der Waals surface area contributed by atoms with Crippen molar-refractivity contribution < 1.29 is 0 Å². The Hall–Kier alpha value is -1.00. The van der Waals surface area contributed by atoms with Crippen LogP contribution in [0.5, 0.6) is 0 Å². The smallest absolute Gasteiger partial charge is 0.145 e. The van der Waals surface area contributed by atoms with Crippen LogP contribution in [0.1, 0.15) is 10.9 Å². The Balaban J connectivity index is 2.88. The number of halogens is 1. The summed E-state index contributed by atoms with van der Waals surface area (Å²) in [6.07, 6.45) is 0. The van der Waals surface area contributed by atoms with Crippen molar-refractivity contribution in [3.63, 3.8) is 0 Å². The summed E-state index contributed by atoms with van der Waals surface area (Å²) in [4.78, 5) is 0. The van der Waals surface area contributed by atoms with Crippen molar-refractivity contribution in [3.8, 4) is 6.07 Å². The molecule has 0 radical (unpaired) electrons. The van der Waals surface area contributed by atoms with Crippen molar-refractivity contribution in [3.05, 3.63) is 35.9 Å². The van der Waals surface area contributed by atoms with Gasteiger partial charge >= 0.3 is 0 Å². The average Bonchev–Trinajstić information content (AvgIpc) is 2.05. The molecule has 0 fully saturated rings. The molecule has 0 aliphatic heterocycles. The zero-order valence-corrected chi connectivity index (χ0v) is 6.05. The predicted octanol–water partition coefficient (Wildman–Crippen LogP) is 2.49. The standard InChI is InChI=1S/C8H6ClN/c9-8(6-10)7-4-2-1-3-5-7/h1-5,8H/t8-/m0/s1. The van der Waals surface area contributed by atoms with Gasteiger partial charge in [-0.05, 0) is 5.56 Å². The van der Waals surface area contributed by atoms with E-state index in [0.29, 0.717) is 0 Å². The Bertz CT molecular complexity index is 237. The first-order valence-electron chi connectivity index (χ1n) is 2.93. The van der Waals surface area contributed by atoms with E-state index < -0.39 is 5.38 Å². The summed E-state index contributed by atoms with van der Waals surface area (Å²) in [6.45, 7) is 0. The van der Waals surface area contributed by atoms with Crippen LogP contribution in [0.2, 0.25) is 0 Å². The number of alkyl halides is 1. The van der Waals surface area contributed by atoms with E-state index in [9.17, 15) is 0 Å². The lowest BCUT2D eigenvalue weighted by atomic mass is 10.2. The number of hydrogen-bond acceptors (Lipinski definition) is 1. The van der Waals surface area contributed by atoms with Crippen LogP contribution in [-0.4, -0.2) is 0 Å². The molecule has 1 aromatic rings. The highest BCUT2D eigenvalue weighted by Crippen LogP contribution is 2.17. The third kappa shape index (κ3) is 1.49. The molecule has 1 nitrogen and oxygen atoms in total. The fourth-order valence-corrected chi connectivity index (χ4v) is 0.842. The Morgan fingerprint density at radius 2 is 1.90 bits per heavy atom. The van der Waals surface area contributed by atoms with E-state index in [1.54, 1.807) is 0 Å². The highest BCUT2D eigenvalue weighted by atomic mass is 35.5. The van der Waals surface area contributed by atoms with Gasteiger partial charge in [0, 0.05) is 0 Å². The molecule has 50 valence electrons. The molecule has 0 saturated heterocycles. The molecule has 10 heavy (non-hydrogen) atoms. The first-order chi connectivity index (χ1) is 4.84. The van der Waals surface area contributed by atoms with Crippen molar-refractivity contribution in [1.82, 2.24) is 0 Å². The molecule has 1 atom stereocenters. The lowest BCUT2D eigenvalue weighted by molar-refractivity contribution is 1.21.